The highest BCUT2D eigenvalue weighted by molar-refractivity contribution is 5.54. The highest BCUT2D eigenvalue weighted by Crippen LogP contribution is 2.40. The molecule has 2 rings (SSSR count). The Labute approximate surface area is 107 Å². The van der Waals surface area contributed by atoms with E-state index in [4.69, 9.17) is 10.2 Å². The fourth-order valence-electron chi connectivity index (χ4n) is 1.88. The first kappa shape index (κ1) is 14.0. The zero-order valence-electron chi connectivity index (χ0n) is 10.1. The van der Waals surface area contributed by atoms with Gasteiger partial charge in [0, 0.05) is 11.5 Å². The van der Waals surface area contributed by atoms with E-state index in [1.165, 1.54) is 0 Å². The van der Waals surface area contributed by atoms with Crippen molar-refractivity contribution in [2.45, 2.75) is 37.6 Å². The van der Waals surface area contributed by atoms with Gasteiger partial charge in [0.2, 0.25) is 11.8 Å². The van der Waals surface area contributed by atoms with Gasteiger partial charge in [-0.15, -0.1) is 23.4 Å². The lowest BCUT2D eigenvalue weighted by molar-refractivity contribution is -0.352. The average molecular weight is 277 g/mol. The molecule has 106 valence electrons. The molecule has 1 aliphatic carbocycles. The Hall–Kier alpha value is -1.41. The van der Waals surface area contributed by atoms with E-state index in [-0.39, 0.29) is 18.8 Å². The van der Waals surface area contributed by atoms with E-state index in [1.807, 2.05) is 0 Å². The molecule has 1 aromatic rings. The van der Waals surface area contributed by atoms with Crippen LogP contribution >= 0.6 is 0 Å². The molecule has 0 saturated heterocycles. The lowest BCUT2D eigenvalue weighted by Crippen LogP contribution is -2.34. The van der Waals surface area contributed by atoms with Crippen LogP contribution in [0.25, 0.3) is 5.57 Å². The quantitative estimate of drug-likeness (QED) is 0.893. The van der Waals surface area contributed by atoms with Gasteiger partial charge < -0.3 is 10.2 Å². The van der Waals surface area contributed by atoms with Crippen molar-refractivity contribution in [3.8, 4) is 0 Å². The Kier molecular flexibility index (Phi) is 3.91. The van der Waals surface area contributed by atoms with Crippen molar-refractivity contribution in [3.05, 3.63) is 18.4 Å². The summed E-state index contributed by atoms with van der Waals surface area (Å²) >= 11 is 0. The maximum absolute atomic E-state index is 12.0. The summed E-state index contributed by atoms with van der Waals surface area (Å²) in [4.78, 5) is 0. The summed E-state index contributed by atoms with van der Waals surface area (Å²) in [6.07, 6.45) is -4.43. The molecule has 0 radical (unpaired) electrons. The summed E-state index contributed by atoms with van der Waals surface area (Å²) in [5.74, 6) is 0.440. The smallest absolute Gasteiger partial charge is 0.421 e. The van der Waals surface area contributed by atoms with Crippen molar-refractivity contribution in [1.29, 1.82) is 0 Å². The molecule has 0 aliphatic heterocycles. The van der Waals surface area contributed by atoms with Crippen LogP contribution in [0.4, 0.5) is 13.2 Å². The zero-order chi connectivity index (χ0) is 14.0. The lowest BCUT2D eigenvalue weighted by Gasteiger charge is -2.32. The van der Waals surface area contributed by atoms with Gasteiger partial charge >= 0.3 is 6.36 Å². The number of hydrogen-bond acceptors (Lipinski definition) is 5. The van der Waals surface area contributed by atoms with Crippen molar-refractivity contribution in [2.24, 2.45) is 5.73 Å². The summed E-state index contributed by atoms with van der Waals surface area (Å²) in [6.45, 7) is 4.16. The molecular formula is C11H14F3N3O2. The number of aromatic nitrogens is 2. The molecule has 8 heteroatoms. The molecule has 0 aromatic carbocycles. The van der Waals surface area contributed by atoms with Crippen LogP contribution in [0, 0.1) is 0 Å². The van der Waals surface area contributed by atoms with E-state index >= 15 is 0 Å². The highest BCUT2D eigenvalue weighted by Gasteiger charge is 2.42. The van der Waals surface area contributed by atoms with Crippen LogP contribution in [-0.4, -0.2) is 29.2 Å². The molecule has 0 unspecified atom stereocenters. The van der Waals surface area contributed by atoms with Crippen LogP contribution in [0.5, 0.6) is 0 Å². The number of halogens is 3. The number of alkyl halides is 3. The van der Waals surface area contributed by atoms with Gasteiger partial charge in [0.1, 0.15) is 0 Å². The number of nitrogens with two attached hydrogens (primary N) is 1. The lowest BCUT2D eigenvalue weighted by atomic mass is 9.82. The van der Waals surface area contributed by atoms with E-state index in [1.54, 1.807) is 0 Å². The van der Waals surface area contributed by atoms with Crippen molar-refractivity contribution >= 4 is 5.57 Å². The van der Waals surface area contributed by atoms with Gasteiger partial charge in [0.15, 0.2) is 0 Å². The third-order valence-corrected chi connectivity index (χ3v) is 2.93. The number of rotatable bonds is 5. The average Bonchev–Trinajstić information content (AvgIpc) is 2.70. The minimum absolute atomic E-state index is 0.181. The maximum atomic E-state index is 12.0. The molecule has 1 fully saturated rings. The fraction of sp³-hybridized carbons (Fsp3) is 0.636. The normalized spacial score (nSPS) is 23.2. The van der Waals surface area contributed by atoms with Crippen LogP contribution in [0.1, 0.15) is 37.0 Å². The second-order valence-electron chi connectivity index (χ2n) is 4.44. The number of ether oxygens (including phenoxy) is 1. The van der Waals surface area contributed by atoms with Crippen LogP contribution in [-0.2, 0) is 4.74 Å². The molecule has 19 heavy (non-hydrogen) atoms. The second-order valence-corrected chi connectivity index (χ2v) is 4.44. The summed E-state index contributed by atoms with van der Waals surface area (Å²) in [5.41, 5.74) is 6.00. The van der Waals surface area contributed by atoms with Gasteiger partial charge in [-0.2, -0.15) is 0 Å². The SMILES string of the molecule is C=C(CCN)c1nnc([C@H]2C[C@@H](OC(F)(F)F)C2)o1. The van der Waals surface area contributed by atoms with Gasteiger partial charge in [-0.1, -0.05) is 6.58 Å². The highest BCUT2D eigenvalue weighted by atomic mass is 19.4. The molecule has 0 atom stereocenters. The molecule has 2 N–H and O–H groups in total. The van der Waals surface area contributed by atoms with Gasteiger partial charge in [0.25, 0.3) is 0 Å². The first-order valence-electron chi connectivity index (χ1n) is 5.85. The predicted molar refractivity (Wildman–Crippen MR) is 59.9 cm³/mol. The molecule has 1 aromatic heterocycles. The standard InChI is InChI=1S/C11H14F3N3O2/c1-6(2-3-15)9-16-17-10(18-9)7-4-8(5-7)19-11(12,13)14/h7-8H,1-5,15H2/t7-,8+. The predicted octanol–water partition coefficient (Wildman–Crippen LogP) is 2.21. The van der Waals surface area contributed by atoms with E-state index in [9.17, 15) is 13.2 Å². The topological polar surface area (TPSA) is 74.2 Å². The Bertz CT molecular complexity index is 452. The van der Waals surface area contributed by atoms with E-state index in [2.05, 4.69) is 21.5 Å². The third-order valence-electron chi connectivity index (χ3n) is 2.93. The molecule has 0 spiro atoms. The van der Waals surface area contributed by atoms with Crippen molar-refractivity contribution in [1.82, 2.24) is 10.2 Å². The van der Waals surface area contributed by atoms with Crippen molar-refractivity contribution < 1.29 is 22.3 Å². The summed E-state index contributed by atoms with van der Waals surface area (Å²) in [7, 11) is 0. The van der Waals surface area contributed by atoms with E-state index in [0.29, 0.717) is 30.3 Å². The Morgan fingerprint density at radius 3 is 2.68 bits per heavy atom. The van der Waals surface area contributed by atoms with Crippen LogP contribution in [0.15, 0.2) is 11.0 Å². The van der Waals surface area contributed by atoms with Gasteiger partial charge in [-0.05, 0) is 25.8 Å². The summed E-state index contributed by atoms with van der Waals surface area (Å²) in [5, 5.41) is 7.62. The van der Waals surface area contributed by atoms with Gasteiger partial charge in [0.05, 0.1) is 6.10 Å². The molecular weight excluding hydrogens is 263 g/mol. The second kappa shape index (κ2) is 5.30. The first-order chi connectivity index (χ1) is 8.89. The number of nitrogens with zero attached hydrogens (tertiary/aromatic N) is 2. The minimum Gasteiger partial charge on any atom is -0.421 e. The fourth-order valence-corrected chi connectivity index (χ4v) is 1.88. The molecule has 0 amide bonds. The van der Waals surface area contributed by atoms with Crippen LogP contribution in [0.2, 0.25) is 0 Å². The summed E-state index contributed by atoms with van der Waals surface area (Å²) < 4.78 is 45.1. The largest absolute Gasteiger partial charge is 0.522 e. The van der Waals surface area contributed by atoms with E-state index < -0.39 is 12.5 Å². The maximum Gasteiger partial charge on any atom is 0.522 e. The third kappa shape index (κ3) is 3.54. The Morgan fingerprint density at radius 2 is 2.11 bits per heavy atom. The van der Waals surface area contributed by atoms with Gasteiger partial charge in [-0.25, -0.2) is 0 Å². The van der Waals surface area contributed by atoms with Crippen molar-refractivity contribution in [3.63, 3.8) is 0 Å². The summed E-state index contributed by atoms with van der Waals surface area (Å²) in [6, 6.07) is 0. The monoisotopic (exact) mass is 277 g/mol. The molecule has 0 bridgehead atoms. The zero-order valence-corrected chi connectivity index (χ0v) is 10.1. The molecule has 1 saturated carbocycles. The first-order valence-corrected chi connectivity index (χ1v) is 5.85. The Balaban J connectivity index is 1.87. The van der Waals surface area contributed by atoms with Crippen molar-refractivity contribution in [2.75, 3.05) is 6.54 Å². The molecule has 5 nitrogen and oxygen atoms in total. The molecule has 1 heterocycles. The Morgan fingerprint density at radius 1 is 1.42 bits per heavy atom. The van der Waals surface area contributed by atoms with Crippen LogP contribution in [0.3, 0.4) is 0 Å². The van der Waals surface area contributed by atoms with Gasteiger partial charge in [-0.3, -0.25) is 4.74 Å². The minimum atomic E-state index is -4.59. The number of hydrogen-bond donors (Lipinski definition) is 1. The molecule has 1 aliphatic rings. The van der Waals surface area contributed by atoms with Crippen LogP contribution < -0.4 is 5.73 Å². The van der Waals surface area contributed by atoms with E-state index in [0.717, 1.165) is 0 Å².